The van der Waals surface area contributed by atoms with Crippen molar-refractivity contribution in [3.63, 3.8) is 0 Å². The lowest BCUT2D eigenvalue weighted by atomic mass is 10.0. The van der Waals surface area contributed by atoms with Crippen LogP contribution in [0.15, 0.2) is 51.7 Å². The van der Waals surface area contributed by atoms with Crippen molar-refractivity contribution >= 4 is 28.5 Å². The summed E-state index contributed by atoms with van der Waals surface area (Å²) in [6, 6.07) is 11.8. The molecule has 0 aliphatic carbocycles. The number of carbonyl (C=O) groups excluding carboxylic acids is 1. The number of benzene rings is 2. The number of hydrogen-bond acceptors (Lipinski definition) is 5. The van der Waals surface area contributed by atoms with E-state index in [1.165, 1.54) is 0 Å². The molecule has 0 atom stereocenters. The highest BCUT2D eigenvalue weighted by Gasteiger charge is 2.14. The van der Waals surface area contributed by atoms with Gasteiger partial charge in [-0.05, 0) is 55.3 Å². The highest BCUT2D eigenvalue weighted by atomic mass is 35.5. The molecule has 26 heavy (non-hydrogen) atoms. The summed E-state index contributed by atoms with van der Waals surface area (Å²) in [6.45, 7) is 1.84. The molecule has 0 saturated heterocycles. The minimum atomic E-state index is -0.456. The van der Waals surface area contributed by atoms with Crippen LogP contribution in [-0.2, 0) is 11.2 Å². The standard InChI is InChI=1S/C20H17ClO5/c1-12-16-8-7-15(24-2)11-18(16)26-20(23)17(12)9-10-19(22)25-14-5-3-13(21)4-6-14/h3-8,11H,9-10H2,1-2H3. The first-order valence-electron chi connectivity index (χ1n) is 8.04. The quantitative estimate of drug-likeness (QED) is 0.379. The topological polar surface area (TPSA) is 65.7 Å². The Morgan fingerprint density at radius 3 is 2.50 bits per heavy atom. The molecule has 0 saturated carbocycles. The second-order valence-electron chi connectivity index (χ2n) is 5.78. The summed E-state index contributed by atoms with van der Waals surface area (Å²) in [6.07, 6.45) is 0.304. The highest BCUT2D eigenvalue weighted by Crippen LogP contribution is 2.24. The van der Waals surface area contributed by atoms with E-state index in [2.05, 4.69) is 0 Å². The van der Waals surface area contributed by atoms with Crippen molar-refractivity contribution in [3.8, 4) is 11.5 Å². The zero-order chi connectivity index (χ0) is 18.7. The summed E-state index contributed by atoms with van der Waals surface area (Å²) in [7, 11) is 1.55. The number of ether oxygens (including phenoxy) is 2. The molecule has 1 heterocycles. The van der Waals surface area contributed by atoms with Crippen molar-refractivity contribution < 1.29 is 18.7 Å². The Morgan fingerprint density at radius 2 is 1.81 bits per heavy atom. The van der Waals surface area contributed by atoms with Crippen LogP contribution in [0, 0.1) is 6.92 Å². The lowest BCUT2D eigenvalue weighted by molar-refractivity contribution is -0.134. The molecule has 3 rings (SSSR count). The minimum absolute atomic E-state index is 0.0654. The first-order valence-corrected chi connectivity index (χ1v) is 8.42. The van der Waals surface area contributed by atoms with E-state index in [-0.39, 0.29) is 12.8 Å². The molecule has 0 aliphatic heterocycles. The number of methoxy groups -OCH3 is 1. The number of fused-ring (bicyclic) bond motifs is 1. The molecule has 0 spiro atoms. The zero-order valence-corrected chi connectivity index (χ0v) is 15.1. The smallest absolute Gasteiger partial charge is 0.339 e. The van der Waals surface area contributed by atoms with Crippen LogP contribution in [0.4, 0.5) is 0 Å². The Hall–Kier alpha value is -2.79. The van der Waals surface area contributed by atoms with Crippen molar-refractivity contribution in [3.05, 3.63) is 69.0 Å². The van der Waals surface area contributed by atoms with Gasteiger partial charge in [0.25, 0.3) is 0 Å². The van der Waals surface area contributed by atoms with E-state index >= 15 is 0 Å². The van der Waals surface area contributed by atoms with Crippen LogP contribution >= 0.6 is 11.6 Å². The fourth-order valence-corrected chi connectivity index (χ4v) is 2.83. The monoisotopic (exact) mass is 372 g/mol. The van der Waals surface area contributed by atoms with Crippen molar-refractivity contribution in [1.82, 2.24) is 0 Å². The molecule has 0 unspecified atom stereocenters. The van der Waals surface area contributed by atoms with Gasteiger partial charge in [-0.25, -0.2) is 4.79 Å². The van der Waals surface area contributed by atoms with E-state index in [1.54, 1.807) is 43.5 Å². The molecule has 0 radical (unpaired) electrons. The number of aryl methyl sites for hydroxylation is 1. The van der Waals surface area contributed by atoms with Gasteiger partial charge in [0.05, 0.1) is 13.5 Å². The molecule has 3 aromatic rings. The normalized spacial score (nSPS) is 10.7. The number of carbonyl (C=O) groups is 1. The SMILES string of the molecule is COc1ccc2c(C)c(CCC(=O)Oc3ccc(Cl)cc3)c(=O)oc2c1. The highest BCUT2D eigenvalue weighted by molar-refractivity contribution is 6.30. The molecule has 0 N–H and O–H groups in total. The average Bonchev–Trinajstić information content (AvgIpc) is 2.63. The molecule has 0 fully saturated rings. The Kier molecular flexibility index (Phi) is 5.28. The first-order chi connectivity index (χ1) is 12.5. The third-order valence-corrected chi connectivity index (χ3v) is 4.37. The van der Waals surface area contributed by atoms with Crippen LogP contribution < -0.4 is 15.1 Å². The van der Waals surface area contributed by atoms with Crippen molar-refractivity contribution in [2.24, 2.45) is 0 Å². The summed E-state index contributed by atoms with van der Waals surface area (Å²) in [5.41, 5.74) is 1.26. The van der Waals surface area contributed by atoms with Gasteiger partial charge in [-0.2, -0.15) is 0 Å². The van der Waals surface area contributed by atoms with Crippen LogP contribution in [-0.4, -0.2) is 13.1 Å². The van der Waals surface area contributed by atoms with Gasteiger partial charge in [-0.15, -0.1) is 0 Å². The maximum Gasteiger partial charge on any atom is 0.339 e. The number of rotatable bonds is 5. The second kappa shape index (κ2) is 7.62. The van der Waals surface area contributed by atoms with Gasteiger partial charge in [0.1, 0.15) is 17.1 Å². The molecular weight excluding hydrogens is 356 g/mol. The van der Waals surface area contributed by atoms with Crippen molar-refractivity contribution in [2.45, 2.75) is 19.8 Å². The maximum absolute atomic E-state index is 12.3. The second-order valence-corrected chi connectivity index (χ2v) is 6.22. The molecule has 0 amide bonds. The minimum Gasteiger partial charge on any atom is -0.497 e. The van der Waals surface area contributed by atoms with Gasteiger partial charge >= 0.3 is 11.6 Å². The number of esters is 1. The van der Waals surface area contributed by atoms with Crippen LogP contribution in [0.2, 0.25) is 5.02 Å². The van der Waals surface area contributed by atoms with Gasteiger partial charge in [0.2, 0.25) is 0 Å². The summed E-state index contributed by atoms with van der Waals surface area (Å²) in [5, 5.41) is 1.37. The van der Waals surface area contributed by atoms with E-state index in [9.17, 15) is 9.59 Å². The summed E-state index contributed by atoms with van der Waals surface area (Å²) in [5.74, 6) is 0.592. The van der Waals surface area contributed by atoms with Gasteiger partial charge in [0, 0.05) is 22.0 Å². The Labute approximate surface area is 155 Å². The predicted octanol–water partition coefficient (Wildman–Crippen LogP) is 4.30. The number of halogens is 1. The molecule has 134 valence electrons. The molecule has 2 aromatic carbocycles. The lowest BCUT2D eigenvalue weighted by Crippen LogP contribution is -2.15. The van der Waals surface area contributed by atoms with Gasteiger partial charge < -0.3 is 13.9 Å². The van der Waals surface area contributed by atoms with E-state index < -0.39 is 11.6 Å². The van der Waals surface area contributed by atoms with E-state index in [0.29, 0.717) is 27.7 Å². The lowest BCUT2D eigenvalue weighted by Gasteiger charge is -2.09. The van der Waals surface area contributed by atoms with Gasteiger partial charge in [-0.1, -0.05) is 11.6 Å². The van der Waals surface area contributed by atoms with Crippen molar-refractivity contribution in [1.29, 1.82) is 0 Å². The number of hydrogen-bond donors (Lipinski definition) is 0. The fourth-order valence-electron chi connectivity index (χ4n) is 2.70. The summed E-state index contributed by atoms with van der Waals surface area (Å²) in [4.78, 5) is 24.3. The predicted molar refractivity (Wildman–Crippen MR) is 99.2 cm³/mol. The largest absolute Gasteiger partial charge is 0.497 e. The van der Waals surface area contributed by atoms with E-state index in [0.717, 1.165) is 10.9 Å². The molecule has 5 nitrogen and oxygen atoms in total. The molecular formula is C20H17ClO5. The van der Waals surface area contributed by atoms with Crippen LogP contribution in [0.3, 0.4) is 0 Å². The van der Waals surface area contributed by atoms with E-state index in [1.807, 2.05) is 13.0 Å². The zero-order valence-electron chi connectivity index (χ0n) is 14.4. The third kappa shape index (κ3) is 3.89. The molecule has 6 heteroatoms. The molecule has 0 aliphatic rings. The fraction of sp³-hybridized carbons (Fsp3) is 0.200. The Morgan fingerprint density at radius 1 is 1.12 bits per heavy atom. The molecule has 0 bridgehead atoms. The van der Waals surface area contributed by atoms with Crippen LogP contribution in [0.25, 0.3) is 11.0 Å². The summed E-state index contributed by atoms with van der Waals surface area (Å²) < 4.78 is 15.8. The van der Waals surface area contributed by atoms with Crippen molar-refractivity contribution in [2.75, 3.05) is 7.11 Å². The van der Waals surface area contributed by atoms with E-state index in [4.69, 9.17) is 25.5 Å². The average molecular weight is 373 g/mol. The molecule has 1 aromatic heterocycles. The third-order valence-electron chi connectivity index (χ3n) is 4.12. The first kappa shape index (κ1) is 18.0. The van der Waals surface area contributed by atoms with Crippen LogP contribution in [0.1, 0.15) is 17.5 Å². The maximum atomic E-state index is 12.3. The summed E-state index contributed by atoms with van der Waals surface area (Å²) >= 11 is 5.80. The van der Waals surface area contributed by atoms with Gasteiger partial charge in [-0.3, -0.25) is 4.79 Å². The Balaban J connectivity index is 1.77. The van der Waals surface area contributed by atoms with Gasteiger partial charge in [0.15, 0.2) is 0 Å². The Bertz CT molecular complexity index is 1010. The van der Waals surface area contributed by atoms with Crippen LogP contribution in [0.5, 0.6) is 11.5 Å².